The highest BCUT2D eigenvalue weighted by Crippen LogP contribution is 2.55. The molecule has 0 fully saturated rings. The van der Waals surface area contributed by atoms with E-state index in [-0.39, 0.29) is 10.9 Å². The molecular formula is C22H24O7S2. The summed E-state index contributed by atoms with van der Waals surface area (Å²) in [4.78, 5) is 1.92. The fourth-order valence-corrected chi connectivity index (χ4v) is 6.01. The molecule has 0 radical (unpaired) electrons. The highest BCUT2D eigenvalue weighted by molar-refractivity contribution is 8.00. The van der Waals surface area contributed by atoms with Crippen molar-refractivity contribution in [2.45, 2.75) is 20.7 Å². The Balaban J connectivity index is 1.70. The van der Waals surface area contributed by atoms with Gasteiger partial charge in [0.25, 0.3) is 0 Å². The Morgan fingerprint density at radius 3 is 1.65 bits per heavy atom. The number of benzene rings is 2. The van der Waals surface area contributed by atoms with Crippen LogP contribution in [0.5, 0.6) is 23.0 Å². The largest absolute Gasteiger partial charge is 0.496 e. The van der Waals surface area contributed by atoms with Gasteiger partial charge in [0.05, 0.1) is 50.4 Å². The number of rotatable bonds is 2. The third-order valence-electron chi connectivity index (χ3n) is 5.17. The first-order valence-electron chi connectivity index (χ1n) is 10.1. The molecule has 2 aromatic carbocycles. The zero-order valence-electron chi connectivity index (χ0n) is 17.4. The first-order valence-corrected chi connectivity index (χ1v) is 11.9. The minimum absolute atomic E-state index is 0.148. The van der Waals surface area contributed by atoms with E-state index in [1.807, 2.05) is 24.3 Å². The molecule has 9 heteroatoms. The van der Waals surface area contributed by atoms with Crippen molar-refractivity contribution in [3.8, 4) is 34.1 Å². The standard InChI is InChI=1S/C22H24O7S2/c1-23-13-3-5-15-21-19(13)20-14(24-2)4-6-16-22(20)31-18(12-29-16)27-10-8-25-7-9-26-17(30-21)11-28-15/h3-6,17-18H,7-12H2,1-2H3. The van der Waals surface area contributed by atoms with Gasteiger partial charge in [-0.05, 0) is 24.3 Å². The summed E-state index contributed by atoms with van der Waals surface area (Å²) in [7, 11) is 3.34. The second kappa shape index (κ2) is 9.38. The van der Waals surface area contributed by atoms with Crippen LogP contribution in [0.25, 0.3) is 11.1 Å². The third-order valence-corrected chi connectivity index (χ3v) is 7.52. The number of methoxy groups -OCH3 is 2. The number of fused-ring (bicyclic) bond motifs is 3. The van der Waals surface area contributed by atoms with Crippen LogP contribution in [0.4, 0.5) is 0 Å². The molecule has 0 aromatic heterocycles. The highest BCUT2D eigenvalue weighted by atomic mass is 32.2. The molecule has 3 aliphatic heterocycles. The van der Waals surface area contributed by atoms with Crippen LogP contribution in [0.3, 0.4) is 0 Å². The molecule has 4 bridgehead atoms. The van der Waals surface area contributed by atoms with Gasteiger partial charge in [-0.1, -0.05) is 23.5 Å². The Bertz CT molecular complexity index is 876. The molecule has 5 rings (SSSR count). The number of ether oxygens (including phenoxy) is 7. The minimum atomic E-state index is -0.148. The van der Waals surface area contributed by atoms with Crippen molar-refractivity contribution in [1.82, 2.24) is 0 Å². The molecule has 0 saturated carbocycles. The fourth-order valence-electron chi connectivity index (χ4n) is 3.76. The van der Waals surface area contributed by atoms with Crippen molar-refractivity contribution >= 4 is 23.5 Å². The van der Waals surface area contributed by atoms with Gasteiger partial charge in [0, 0.05) is 11.1 Å². The summed E-state index contributed by atoms with van der Waals surface area (Å²) >= 11 is 3.27. The lowest BCUT2D eigenvalue weighted by Gasteiger charge is -2.30. The first-order chi connectivity index (χ1) is 15.3. The smallest absolute Gasteiger partial charge is 0.141 e. The quantitative estimate of drug-likeness (QED) is 0.655. The van der Waals surface area contributed by atoms with Crippen molar-refractivity contribution in [3.63, 3.8) is 0 Å². The predicted octanol–water partition coefficient (Wildman–Crippen LogP) is 4.06. The van der Waals surface area contributed by atoms with Crippen LogP contribution in [0.15, 0.2) is 34.1 Å². The van der Waals surface area contributed by atoms with E-state index in [2.05, 4.69) is 0 Å². The van der Waals surface area contributed by atoms with E-state index in [0.717, 1.165) is 43.9 Å². The predicted molar refractivity (Wildman–Crippen MR) is 118 cm³/mol. The van der Waals surface area contributed by atoms with E-state index < -0.39 is 0 Å². The summed E-state index contributed by atoms with van der Waals surface area (Å²) in [6.45, 7) is 2.92. The summed E-state index contributed by atoms with van der Waals surface area (Å²) in [5.41, 5.74) is 1.53. The van der Waals surface area contributed by atoms with Crippen LogP contribution in [-0.2, 0) is 14.2 Å². The van der Waals surface area contributed by atoms with Crippen LogP contribution in [0.1, 0.15) is 0 Å². The van der Waals surface area contributed by atoms with Gasteiger partial charge in [0.2, 0.25) is 0 Å². The van der Waals surface area contributed by atoms with Crippen molar-refractivity contribution in [3.05, 3.63) is 24.3 Å². The zero-order valence-corrected chi connectivity index (χ0v) is 19.0. The van der Waals surface area contributed by atoms with Gasteiger partial charge in [-0.25, -0.2) is 0 Å². The Morgan fingerprint density at radius 1 is 0.710 bits per heavy atom. The molecule has 3 heterocycles. The van der Waals surface area contributed by atoms with E-state index in [4.69, 9.17) is 33.2 Å². The number of hydrogen-bond acceptors (Lipinski definition) is 9. The molecule has 166 valence electrons. The Kier molecular flexibility index (Phi) is 6.38. The zero-order chi connectivity index (χ0) is 21.2. The molecule has 31 heavy (non-hydrogen) atoms. The second-order valence-corrected chi connectivity index (χ2v) is 9.35. The summed E-state index contributed by atoms with van der Waals surface area (Å²) < 4.78 is 41.4. The van der Waals surface area contributed by atoms with E-state index >= 15 is 0 Å². The maximum absolute atomic E-state index is 6.06. The van der Waals surface area contributed by atoms with Crippen molar-refractivity contribution in [2.75, 3.05) is 53.9 Å². The van der Waals surface area contributed by atoms with Gasteiger partial charge < -0.3 is 33.2 Å². The lowest BCUT2D eigenvalue weighted by Crippen LogP contribution is -2.24. The van der Waals surface area contributed by atoms with E-state index in [0.29, 0.717) is 39.6 Å². The van der Waals surface area contributed by atoms with Crippen LogP contribution in [0.2, 0.25) is 0 Å². The van der Waals surface area contributed by atoms with E-state index in [1.165, 1.54) is 0 Å². The second-order valence-electron chi connectivity index (χ2n) is 7.01. The molecule has 0 N–H and O–H groups in total. The van der Waals surface area contributed by atoms with E-state index in [1.54, 1.807) is 37.7 Å². The Hall–Kier alpha value is -1.78. The van der Waals surface area contributed by atoms with Crippen molar-refractivity contribution in [1.29, 1.82) is 0 Å². The van der Waals surface area contributed by atoms with Crippen LogP contribution in [-0.4, -0.2) is 64.7 Å². The summed E-state index contributed by atoms with van der Waals surface area (Å²) in [6.07, 6.45) is 0. The van der Waals surface area contributed by atoms with Gasteiger partial charge >= 0.3 is 0 Å². The molecule has 0 saturated heterocycles. The molecule has 3 aliphatic rings. The molecule has 7 nitrogen and oxygen atoms in total. The van der Waals surface area contributed by atoms with Crippen LogP contribution in [0, 0.1) is 0 Å². The van der Waals surface area contributed by atoms with Gasteiger partial charge in [0.1, 0.15) is 47.1 Å². The lowest BCUT2D eigenvalue weighted by atomic mass is 10.0. The molecule has 0 aliphatic carbocycles. The van der Waals surface area contributed by atoms with Gasteiger partial charge in [0.15, 0.2) is 0 Å². The average Bonchev–Trinajstić information content (AvgIpc) is 2.81. The Morgan fingerprint density at radius 2 is 1.19 bits per heavy atom. The molecular weight excluding hydrogens is 440 g/mol. The highest BCUT2D eigenvalue weighted by Gasteiger charge is 2.33. The average molecular weight is 465 g/mol. The maximum atomic E-state index is 6.06. The molecule has 0 amide bonds. The third kappa shape index (κ3) is 4.17. The Labute approximate surface area is 189 Å². The normalized spacial score (nSPS) is 22.9. The molecule has 2 atom stereocenters. The molecule has 0 spiro atoms. The van der Waals surface area contributed by atoms with E-state index in [9.17, 15) is 0 Å². The van der Waals surface area contributed by atoms with Crippen LogP contribution < -0.4 is 18.9 Å². The van der Waals surface area contributed by atoms with Crippen LogP contribution >= 0.6 is 23.5 Å². The summed E-state index contributed by atoms with van der Waals surface area (Å²) in [5, 5.41) is 0. The lowest BCUT2D eigenvalue weighted by molar-refractivity contribution is -0.00959. The van der Waals surface area contributed by atoms with Crippen molar-refractivity contribution < 1.29 is 33.2 Å². The monoisotopic (exact) mass is 464 g/mol. The molecule has 2 aromatic rings. The minimum Gasteiger partial charge on any atom is -0.496 e. The first kappa shape index (κ1) is 21.1. The molecule has 2 unspecified atom stereocenters. The SMILES string of the molecule is COc1ccc2c3c1-c1c(OC)ccc4c1SC(CO4)OCCOCCOC(CO2)S3. The fraction of sp³-hybridized carbons (Fsp3) is 0.455. The topological polar surface area (TPSA) is 64.6 Å². The van der Waals surface area contributed by atoms with Crippen molar-refractivity contribution in [2.24, 2.45) is 0 Å². The number of hydrogen-bond donors (Lipinski definition) is 0. The summed E-state index contributed by atoms with van der Waals surface area (Å²) in [6, 6.07) is 7.74. The summed E-state index contributed by atoms with van der Waals surface area (Å²) in [5.74, 6) is 3.07. The van der Waals surface area contributed by atoms with Gasteiger partial charge in [-0.15, -0.1) is 0 Å². The van der Waals surface area contributed by atoms with Gasteiger partial charge in [-0.3, -0.25) is 0 Å². The van der Waals surface area contributed by atoms with Gasteiger partial charge in [-0.2, -0.15) is 0 Å². The number of thioether (sulfide) groups is 2. The maximum Gasteiger partial charge on any atom is 0.141 e.